The zero-order valence-corrected chi connectivity index (χ0v) is 14.3. The van der Waals surface area contributed by atoms with Gasteiger partial charge in [0, 0.05) is 50.0 Å². The summed E-state index contributed by atoms with van der Waals surface area (Å²) in [5.74, 6) is 0.846. The molecule has 0 aliphatic carbocycles. The highest BCUT2D eigenvalue weighted by atomic mass is 16.1. The van der Waals surface area contributed by atoms with Crippen molar-refractivity contribution in [2.45, 2.75) is 33.2 Å². The Bertz CT molecular complexity index is 664. The monoisotopic (exact) mass is 328 g/mol. The molecule has 1 fully saturated rings. The number of nitrogens with one attached hydrogen (secondary N) is 1. The second-order valence-corrected chi connectivity index (χ2v) is 6.33. The molecule has 2 aromatic heterocycles. The first kappa shape index (κ1) is 16.4. The van der Waals surface area contributed by atoms with E-state index in [0.717, 1.165) is 43.3 Å². The van der Waals surface area contributed by atoms with Gasteiger partial charge in [0.05, 0.1) is 12.2 Å². The van der Waals surface area contributed by atoms with Gasteiger partial charge in [-0.25, -0.2) is 15.0 Å². The molecule has 0 spiro atoms. The smallest absolute Gasteiger partial charge is 0.225 e. The third-order valence-electron chi connectivity index (χ3n) is 4.27. The Labute approximate surface area is 142 Å². The zero-order valence-electron chi connectivity index (χ0n) is 14.3. The fraction of sp³-hybridized carbons (Fsp3) is 0.529. The van der Waals surface area contributed by atoms with Gasteiger partial charge in [-0.15, -0.1) is 0 Å². The molecule has 7 heteroatoms. The molecule has 1 aliphatic rings. The van der Waals surface area contributed by atoms with E-state index in [4.69, 9.17) is 0 Å². The van der Waals surface area contributed by atoms with Gasteiger partial charge >= 0.3 is 0 Å². The normalized spacial score (nSPS) is 17.8. The first-order chi connectivity index (χ1) is 11.6. The third-order valence-corrected chi connectivity index (χ3v) is 4.27. The molecule has 3 rings (SSSR count). The number of hydrogen-bond acceptors (Lipinski definition) is 5. The van der Waals surface area contributed by atoms with Crippen molar-refractivity contribution in [2.75, 3.05) is 24.5 Å². The standard InChI is InChI=1S/C17H24N6O/c1-13-10-14(2)21-17(20-13)23-7-3-4-15(11-23)16(24)19-6-9-22-8-5-18-12-22/h5,8,10,12,15H,3-4,6-7,9,11H2,1-2H3,(H,19,24)/t15-/m0/s1. The van der Waals surface area contributed by atoms with E-state index >= 15 is 0 Å². The summed E-state index contributed by atoms with van der Waals surface area (Å²) in [5.41, 5.74) is 1.92. The summed E-state index contributed by atoms with van der Waals surface area (Å²) >= 11 is 0. The molecule has 0 unspecified atom stereocenters. The van der Waals surface area contributed by atoms with Crippen LogP contribution in [0.4, 0.5) is 5.95 Å². The van der Waals surface area contributed by atoms with Crippen LogP contribution in [0, 0.1) is 19.8 Å². The lowest BCUT2D eigenvalue weighted by Gasteiger charge is -2.32. The number of aryl methyl sites for hydroxylation is 2. The number of imidazole rings is 1. The van der Waals surface area contributed by atoms with Crippen molar-refractivity contribution in [2.24, 2.45) is 5.92 Å². The molecule has 2 aromatic rings. The van der Waals surface area contributed by atoms with E-state index in [-0.39, 0.29) is 11.8 Å². The van der Waals surface area contributed by atoms with Crippen molar-refractivity contribution in [3.63, 3.8) is 0 Å². The maximum atomic E-state index is 12.4. The van der Waals surface area contributed by atoms with Crippen molar-refractivity contribution < 1.29 is 4.79 Å². The summed E-state index contributed by atoms with van der Waals surface area (Å²) in [6.45, 7) is 6.89. The van der Waals surface area contributed by atoms with Crippen LogP contribution in [0.25, 0.3) is 0 Å². The van der Waals surface area contributed by atoms with Crippen molar-refractivity contribution >= 4 is 11.9 Å². The molecule has 24 heavy (non-hydrogen) atoms. The lowest BCUT2D eigenvalue weighted by Crippen LogP contribution is -2.44. The number of nitrogens with zero attached hydrogens (tertiary/aromatic N) is 5. The van der Waals surface area contributed by atoms with Gasteiger partial charge in [0.25, 0.3) is 0 Å². The number of hydrogen-bond donors (Lipinski definition) is 1. The first-order valence-corrected chi connectivity index (χ1v) is 8.42. The van der Waals surface area contributed by atoms with Gasteiger partial charge in [-0.3, -0.25) is 4.79 Å². The number of rotatable bonds is 5. The molecule has 1 saturated heterocycles. The molecule has 0 radical (unpaired) electrons. The lowest BCUT2D eigenvalue weighted by molar-refractivity contribution is -0.125. The highest BCUT2D eigenvalue weighted by molar-refractivity contribution is 5.79. The Kier molecular flexibility index (Phi) is 5.08. The Morgan fingerprint density at radius 1 is 1.33 bits per heavy atom. The topological polar surface area (TPSA) is 75.9 Å². The molecule has 0 aromatic carbocycles. The number of aromatic nitrogens is 4. The van der Waals surface area contributed by atoms with Gasteiger partial charge in [0.15, 0.2) is 0 Å². The van der Waals surface area contributed by atoms with E-state index in [9.17, 15) is 4.79 Å². The third kappa shape index (κ3) is 4.10. The summed E-state index contributed by atoms with van der Waals surface area (Å²) < 4.78 is 1.96. The fourth-order valence-corrected chi connectivity index (χ4v) is 3.09. The molecule has 0 bridgehead atoms. The predicted molar refractivity (Wildman–Crippen MR) is 91.7 cm³/mol. The van der Waals surface area contributed by atoms with E-state index in [1.54, 1.807) is 12.5 Å². The number of carbonyl (C=O) groups is 1. The Balaban J connectivity index is 1.55. The minimum atomic E-state index is -0.00837. The highest BCUT2D eigenvalue weighted by Gasteiger charge is 2.27. The van der Waals surface area contributed by atoms with Crippen molar-refractivity contribution in [3.8, 4) is 0 Å². The second-order valence-electron chi connectivity index (χ2n) is 6.33. The summed E-state index contributed by atoms with van der Waals surface area (Å²) in [5, 5.41) is 3.03. The molecule has 1 atom stereocenters. The summed E-state index contributed by atoms with van der Waals surface area (Å²) in [6.07, 6.45) is 7.29. The second kappa shape index (κ2) is 7.42. The van der Waals surface area contributed by atoms with E-state index in [1.807, 2.05) is 30.7 Å². The number of amides is 1. The van der Waals surface area contributed by atoms with Crippen LogP contribution >= 0.6 is 0 Å². The fourth-order valence-electron chi connectivity index (χ4n) is 3.09. The van der Waals surface area contributed by atoms with E-state index in [1.165, 1.54) is 0 Å². The van der Waals surface area contributed by atoms with Gasteiger partial charge in [-0.2, -0.15) is 0 Å². The largest absolute Gasteiger partial charge is 0.354 e. The Morgan fingerprint density at radius 3 is 2.83 bits per heavy atom. The zero-order chi connectivity index (χ0) is 16.9. The van der Waals surface area contributed by atoms with Crippen LogP contribution in [0.5, 0.6) is 0 Å². The Hall–Kier alpha value is -2.44. The van der Waals surface area contributed by atoms with E-state index in [2.05, 4.69) is 25.2 Å². The molecule has 1 N–H and O–H groups in total. The van der Waals surface area contributed by atoms with Gasteiger partial charge in [0.2, 0.25) is 11.9 Å². The molecule has 0 saturated carbocycles. The number of anilines is 1. The minimum absolute atomic E-state index is 0.00837. The summed E-state index contributed by atoms with van der Waals surface area (Å²) in [7, 11) is 0. The van der Waals surface area contributed by atoms with Crippen LogP contribution in [-0.2, 0) is 11.3 Å². The minimum Gasteiger partial charge on any atom is -0.354 e. The van der Waals surface area contributed by atoms with Crippen LogP contribution in [0.3, 0.4) is 0 Å². The van der Waals surface area contributed by atoms with Gasteiger partial charge in [0.1, 0.15) is 0 Å². The first-order valence-electron chi connectivity index (χ1n) is 8.42. The highest BCUT2D eigenvalue weighted by Crippen LogP contribution is 2.21. The summed E-state index contributed by atoms with van der Waals surface area (Å²) in [4.78, 5) is 27.6. The van der Waals surface area contributed by atoms with E-state index in [0.29, 0.717) is 13.1 Å². The molecule has 1 amide bonds. The molecule has 128 valence electrons. The van der Waals surface area contributed by atoms with Crippen LogP contribution < -0.4 is 10.2 Å². The van der Waals surface area contributed by atoms with Crippen LogP contribution in [0.1, 0.15) is 24.2 Å². The van der Waals surface area contributed by atoms with Crippen molar-refractivity contribution in [1.29, 1.82) is 0 Å². The molecular weight excluding hydrogens is 304 g/mol. The maximum Gasteiger partial charge on any atom is 0.225 e. The van der Waals surface area contributed by atoms with Gasteiger partial charge in [-0.05, 0) is 32.8 Å². The van der Waals surface area contributed by atoms with Crippen molar-refractivity contribution in [1.82, 2.24) is 24.8 Å². The van der Waals surface area contributed by atoms with Crippen LogP contribution in [0.15, 0.2) is 24.8 Å². The lowest BCUT2D eigenvalue weighted by atomic mass is 9.97. The average molecular weight is 328 g/mol. The molecular formula is C17H24N6O. The average Bonchev–Trinajstić information content (AvgIpc) is 3.07. The molecule has 1 aliphatic heterocycles. The molecule has 7 nitrogen and oxygen atoms in total. The van der Waals surface area contributed by atoms with Crippen molar-refractivity contribution in [3.05, 3.63) is 36.2 Å². The summed E-state index contributed by atoms with van der Waals surface area (Å²) in [6, 6.07) is 1.97. The van der Waals surface area contributed by atoms with Gasteiger partial charge < -0.3 is 14.8 Å². The quantitative estimate of drug-likeness (QED) is 0.896. The van der Waals surface area contributed by atoms with Crippen LogP contribution in [-0.4, -0.2) is 45.1 Å². The van der Waals surface area contributed by atoms with E-state index < -0.39 is 0 Å². The Morgan fingerprint density at radius 2 is 2.12 bits per heavy atom. The predicted octanol–water partition coefficient (Wildman–Crippen LogP) is 1.32. The number of carbonyl (C=O) groups excluding carboxylic acids is 1. The van der Waals surface area contributed by atoms with Gasteiger partial charge in [-0.1, -0.05) is 0 Å². The maximum absolute atomic E-state index is 12.4. The SMILES string of the molecule is Cc1cc(C)nc(N2CCC[C@H](C(=O)NCCn3ccnc3)C2)n1. The number of piperidine rings is 1. The molecule has 3 heterocycles. The van der Waals surface area contributed by atoms with Crippen LogP contribution in [0.2, 0.25) is 0 Å².